The number of fused-ring (bicyclic) bond motifs is 1. The van der Waals surface area contributed by atoms with Gasteiger partial charge in [-0.1, -0.05) is 19.0 Å². The molecule has 8 heteroatoms. The molecule has 0 bridgehead atoms. The Morgan fingerprint density at radius 1 is 1.09 bits per heavy atom. The Labute approximate surface area is 193 Å². The Hall–Kier alpha value is -2.58. The van der Waals surface area contributed by atoms with Gasteiger partial charge in [-0.3, -0.25) is 0 Å². The first kappa shape index (κ1) is 22.2. The van der Waals surface area contributed by atoms with E-state index < -0.39 is 0 Å². The number of aryl methyl sites for hydroxylation is 2. The zero-order valence-corrected chi connectivity index (χ0v) is 19.8. The predicted molar refractivity (Wildman–Crippen MR) is 126 cm³/mol. The van der Waals surface area contributed by atoms with E-state index in [0.717, 1.165) is 73.5 Å². The molecule has 7 nitrogen and oxygen atoms in total. The maximum Gasteiger partial charge on any atom is 0.261 e. The van der Waals surface area contributed by atoms with Crippen LogP contribution in [0.2, 0.25) is 0 Å². The van der Waals surface area contributed by atoms with E-state index in [2.05, 4.69) is 34.2 Å². The summed E-state index contributed by atoms with van der Waals surface area (Å²) in [5, 5.41) is 8.54. The Bertz CT molecular complexity index is 1150. The summed E-state index contributed by atoms with van der Waals surface area (Å²) in [6.45, 7) is 11.2. The molecule has 0 unspecified atom stereocenters. The van der Waals surface area contributed by atoms with Gasteiger partial charge in [0.2, 0.25) is 0 Å². The van der Waals surface area contributed by atoms with Gasteiger partial charge in [-0.2, -0.15) is 4.98 Å². The van der Waals surface area contributed by atoms with Crippen LogP contribution in [-0.4, -0.2) is 53.5 Å². The van der Waals surface area contributed by atoms with Gasteiger partial charge in [-0.15, -0.1) is 0 Å². The Kier molecular flexibility index (Phi) is 6.05. The summed E-state index contributed by atoms with van der Waals surface area (Å²) in [6.07, 6.45) is 3.06. The van der Waals surface area contributed by atoms with Crippen LogP contribution in [0.4, 0.5) is 10.2 Å². The van der Waals surface area contributed by atoms with E-state index in [-0.39, 0.29) is 11.7 Å². The van der Waals surface area contributed by atoms with E-state index >= 15 is 4.39 Å². The van der Waals surface area contributed by atoms with Gasteiger partial charge in [0.25, 0.3) is 5.89 Å². The van der Waals surface area contributed by atoms with Crippen molar-refractivity contribution in [3.8, 4) is 11.5 Å². The summed E-state index contributed by atoms with van der Waals surface area (Å²) in [6, 6.07) is 4.55. The van der Waals surface area contributed by atoms with Gasteiger partial charge >= 0.3 is 0 Å². The first-order chi connectivity index (χ1) is 15.9. The molecular weight excluding hydrogens is 421 g/mol. The molecule has 33 heavy (non-hydrogen) atoms. The second kappa shape index (κ2) is 8.99. The highest BCUT2D eigenvalue weighted by Crippen LogP contribution is 2.38. The topological polar surface area (TPSA) is 76.3 Å². The first-order valence-corrected chi connectivity index (χ1v) is 11.9. The third-order valence-electron chi connectivity index (χ3n) is 6.91. The molecule has 0 saturated carbocycles. The van der Waals surface area contributed by atoms with E-state index in [1.165, 1.54) is 0 Å². The molecule has 1 atom stereocenters. The summed E-state index contributed by atoms with van der Waals surface area (Å²) in [4.78, 5) is 11.6. The average Bonchev–Trinajstić information content (AvgIpc) is 3.46. The third-order valence-corrected chi connectivity index (χ3v) is 6.91. The fourth-order valence-electron chi connectivity index (χ4n) is 4.96. The van der Waals surface area contributed by atoms with E-state index in [1.807, 2.05) is 13.0 Å². The number of halogens is 1. The molecule has 1 aromatic carbocycles. The highest BCUT2D eigenvalue weighted by Gasteiger charge is 2.29. The SMILES string of the molecule is Cc1noc(-c2c(N3CCC(N[C@@H]4CCOC4)CC3)nc3c(F)cc(C(C)C)cc3c2C)n1. The van der Waals surface area contributed by atoms with Gasteiger partial charge in [-0.05, 0) is 62.3 Å². The summed E-state index contributed by atoms with van der Waals surface area (Å²) in [5.41, 5.74) is 3.07. The molecule has 2 aliphatic rings. The van der Waals surface area contributed by atoms with Gasteiger partial charge in [0.05, 0.1) is 12.2 Å². The minimum absolute atomic E-state index is 0.217. The van der Waals surface area contributed by atoms with Crippen LogP contribution < -0.4 is 10.2 Å². The van der Waals surface area contributed by atoms with Crippen molar-refractivity contribution in [1.82, 2.24) is 20.4 Å². The summed E-state index contributed by atoms with van der Waals surface area (Å²) >= 11 is 0. The van der Waals surface area contributed by atoms with Crippen LogP contribution in [0.5, 0.6) is 0 Å². The molecule has 3 aromatic rings. The van der Waals surface area contributed by atoms with Crippen molar-refractivity contribution in [1.29, 1.82) is 0 Å². The lowest BCUT2D eigenvalue weighted by Crippen LogP contribution is -2.46. The minimum Gasteiger partial charge on any atom is -0.380 e. The normalized spacial score (nSPS) is 19.8. The lowest BCUT2D eigenvalue weighted by atomic mass is 9.96. The van der Waals surface area contributed by atoms with Crippen molar-refractivity contribution >= 4 is 16.7 Å². The highest BCUT2D eigenvalue weighted by molar-refractivity contribution is 5.93. The van der Waals surface area contributed by atoms with Crippen molar-refractivity contribution in [2.24, 2.45) is 0 Å². The van der Waals surface area contributed by atoms with E-state index in [9.17, 15) is 0 Å². The number of pyridine rings is 1. The predicted octanol–water partition coefficient (Wildman–Crippen LogP) is 4.51. The van der Waals surface area contributed by atoms with E-state index in [0.29, 0.717) is 29.3 Å². The van der Waals surface area contributed by atoms with Crippen molar-refractivity contribution in [3.63, 3.8) is 0 Å². The lowest BCUT2D eigenvalue weighted by molar-refractivity contribution is 0.186. The quantitative estimate of drug-likeness (QED) is 0.609. The zero-order chi connectivity index (χ0) is 23.1. The Morgan fingerprint density at radius 3 is 2.52 bits per heavy atom. The van der Waals surface area contributed by atoms with E-state index in [4.69, 9.17) is 14.2 Å². The lowest BCUT2D eigenvalue weighted by Gasteiger charge is -2.35. The zero-order valence-electron chi connectivity index (χ0n) is 19.8. The number of rotatable bonds is 5. The largest absolute Gasteiger partial charge is 0.380 e. The molecule has 0 spiro atoms. The van der Waals surface area contributed by atoms with Gasteiger partial charge in [0.1, 0.15) is 17.2 Å². The van der Waals surface area contributed by atoms with E-state index in [1.54, 1.807) is 13.0 Å². The van der Waals surface area contributed by atoms with Gasteiger partial charge < -0.3 is 19.5 Å². The van der Waals surface area contributed by atoms with Gasteiger partial charge in [0.15, 0.2) is 5.82 Å². The molecule has 2 aliphatic heterocycles. The Balaban J connectivity index is 1.53. The molecule has 2 saturated heterocycles. The van der Waals surface area contributed by atoms with Crippen LogP contribution >= 0.6 is 0 Å². The summed E-state index contributed by atoms with van der Waals surface area (Å²) in [7, 11) is 0. The summed E-state index contributed by atoms with van der Waals surface area (Å²) < 4.78 is 26.3. The monoisotopic (exact) mass is 453 g/mol. The molecule has 0 aliphatic carbocycles. The van der Waals surface area contributed by atoms with Crippen LogP contribution in [0.1, 0.15) is 56.0 Å². The first-order valence-electron chi connectivity index (χ1n) is 11.9. The number of benzene rings is 1. The second-order valence-corrected chi connectivity index (χ2v) is 9.62. The van der Waals surface area contributed by atoms with Gasteiger partial charge in [0, 0.05) is 37.2 Å². The maximum atomic E-state index is 15.2. The molecule has 0 amide bonds. The molecule has 4 heterocycles. The minimum atomic E-state index is -0.286. The number of ether oxygens (including phenoxy) is 1. The fraction of sp³-hybridized carbons (Fsp3) is 0.560. The Morgan fingerprint density at radius 2 is 1.88 bits per heavy atom. The molecule has 0 radical (unpaired) electrons. The standard InChI is InChI=1S/C25H32FN5O2/c1-14(2)17-11-20-15(3)22(25-27-16(4)30-33-25)24(29-23(20)21(26)12-17)31-8-5-18(6-9-31)28-19-7-10-32-13-19/h11-12,14,18-19,28H,5-10,13H2,1-4H3/t19-/m1/s1. The fourth-order valence-corrected chi connectivity index (χ4v) is 4.96. The number of hydrogen-bond acceptors (Lipinski definition) is 7. The van der Waals surface area contributed by atoms with Crippen molar-refractivity contribution in [2.45, 2.75) is 65.0 Å². The van der Waals surface area contributed by atoms with Crippen LogP contribution in [-0.2, 0) is 4.74 Å². The summed E-state index contributed by atoms with van der Waals surface area (Å²) in [5.74, 6) is 1.66. The number of nitrogens with zero attached hydrogens (tertiary/aromatic N) is 4. The third kappa shape index (κ3) is 4.34. The molecule has 5 rings (SSSR count). The molecule has 1 N–H and O–H groups in total. The molecular formula is C25H32FN5O2. The van der Waals surface area contributed by atoms with Crippen LogP contribution in [0.15, 0.2) is 16.7 Å². The number of anilines is 1. The van der Waals surface area contributed by atoms with Crippen molar-refractivity contribution < 1.29 is 13.7 Å². The van der Waals surface area contributed by atoms with Crippen LogP contribution in [0.25, 0.3) is 22.4 Å². The molecule has 2 aromatic heterocycles. The number of piperidine rings is 1. The van der Waals surface area contributed by atoms with Crippen molar-refractivity contribution in [2.75, 3.05) is 31.2 Å². The number of aromatic nitrogens is 3. The second-order valence-electron chi connectivity index (χ2n) is 9.62. The molecule has 2 fully saturated rings. The number of hydrogen-bond donors (Lipinski definition) is 1. The van der Waals surface area contributed by atoms with Crippen LogP contribution in [0, 0.1) is 19.7 Å². The highest BCUT2D eigenvalue weighted by atomic mass is 19.1. The average molecular weight is 454 g/mol. The van der Waals surface area contributed by atoms with Gasteiger partial charge in [-0.25, -0.2) is 9.37 Å². The number of nitrogens with one attached hydrogen (secondary N) is 1. The van der Waals surface area contributed by atoms with Crippen LogP contribution in [0.3, 0.4) is 0 Å². The smallest absolute Gasteiger partial charge is 0.261 e. The van der Waals surface area contributed by atoms with Crippen molar-refractivity contribution in [3.05, 3.63) is 34.9 Å². The molecule has 176 valence electrons. The maximum absolute atomic E-state index is 15.2.